The topological polar surface area (TPSA) is 93.2 Å². The van der Waals surface area contributed by atoms with E-state index in [4.69, 9.17) is 15.0 Å². The van der Waals surface area contributed by atoms with Crippen molar-refractivity contribution in [2.45, 2.75) is 0 Å². The van der Waals surface area contributed by atoms with Crippen molar-refractivity contribution in [1.29, 1.82) is 0 Å². The van der Waals surface area contributed by atoms with Gasteiger partial charge in [0.05, 0.1) is 0 Å². The van der Waals surface area contributed by atoms with Gasteiger partial charge < -0.3 is 20.5 Å². The Morgan fingerprint density at radius 2 is 1.29 bits per heavy atom. The summed E-state index contributed by atoms with van der Waals surface area (Å²) in [7, 11) is 0. The van der Waals surface area contributed by atoms with Crippen LogP contribution in [0.2, 0.25) is 0 Å². The van der Waals surface area contributed by atoms with Crippen LogP contribution in [0.25, 0.3) is 0 Å². The molecule has 0 bridgehead atoms. The first-order valence-electron chi connectivity index (χ1n) is 0.612. The standard InChI is InChI=1S/CH2O3.Ca.Fe.H2O/c2-1(3)4;;;/h(H2,2,3,4);;;1H2/q;2*+2;/p-3. The summed E-state index contributed by atoms with van der Waals surface area (Å²) in [5.41, 5.74) is 0. The Bertz CT molecular complexity index is 34.7. The maximum Gasteiger partial charge on any atom is 2.00 e. The van der Waals surface area contributed by atoms with Crippen LogP contribution < -0.4 is 10.2 Å². The summed E-state index contributed by atoms with van der Waals surface area (Å²) in [6, 6.07) is 0. The number of hydrogen-bond donors (Lipinski definition) is 0. The van der Waals surface area contributed by atoms with Gasteiger partial charge in [0.25, 0.3) is 0 Å². The summed E-state index contributed by atoms with van der Waals surface area (Å²) in [6.45, 7) is 0. The molecule has 1 N–H and O–H groups in total. The molecule has 6 heteroatoms. The third-order valence-electron chi connectivity index (χ3n) is 0. The molecule has 0 saturated heterocycles. The minimum atomic E-state index is -2.33. The SMILES string of the molecule is O=C([O-])[O-].[Ca+2].[Fe+2].[OH-]. The van der Waals surface area contributed by atoms with Gasteiger partial charge in [0.2, 0.25) is 0 Å². The third-order valence-corrected chi connectivity index (χ3v) is 0. The van der Waals surface area contributed by atoms with Crippen molar-refractivity contribution in [3.05, 3.63) is 0 Å². The molecule has 0 atom stereocenters. The third kappa shape index (κ3) is 173. The van der Waals surface area contributed by atoms with Crippen molar-refractivity contribution in [2.75, 3.05) is 0 Å². The molecular formula is CHCaFeO4+. The van der Waals surface area contributed by atoms with E-state index in [1.165, 1.54) is 0 Å². The smallest absolute Gasteiger partial charge is 0.870 e. The molecule has 0 unspecified atom stereocenters. The van der Waals surface area contributed by atoms with Gasteiger partial charge in [-0.3, -0.25) is 0 Å². The van der Waals surface area contributed by atoms with Crippen LogP contribution in [-0.2, 0) is 17.1 Å². The predicted molar refractivity (Wildman–Crippen MR) is 13.1 cm³/mol. The number of carbonyl (C=O) groups excluding carboxylic acids is 1. The number of rotatable bonds is 0. The predicted octanol–water partition coefficient (Wildman–Crippen LogP) is -3.01. The normalized spacial score (nSPS) is 3.43. The number of hydrogen-bond acceptors (Lipinski definition) is 4. The van der Waals surface area contributed by atoms with E-state index >= 15 is 0 Å². The van der Waals surface area contributed by atoms with Crippen molar-refractivity contribution in [1.82, 2.24) is 0 Å². The fourth-order valence-electron chi connectivity index (χ4n) is 0. The molecule has 38 valence electrons. The van der Waals surface area contributed by atoms with Gasteiger partial charge in [-0.25, -0.2) is 0 Å². The van der Waals surface area contributed by atoms with Crippen molar-refractivity contribution in [2.24, 2.45) is 0 Å². The van der Waals surface area contributed by atoms with Crippen LogP contribution in [0, 0.1) is 0 Å². The fraction of sp³-hybridized carbons (Fsp3) is 0. The van der Waals surface area contributed by atoms with Gasteiger partial charge in [-0.1, -0.05) is 0 Å². The van der Waals surface area contributed by atoms with Gasteiger partial charge >= 0.3 is 54.8 Å². The molecule has 0 saturated carbocycles. The van der Waals surface area contributed by atoms with Crippen molar-refractivity contribution in [3.8, 4) is 0 Å². The Hall–Kier alpha value is 1.01. The average Bonchev–Trinajstić information content (AvgIpc) is 0.811. The average molecular weight is 173 g/mol. The van der Waals surface area contributed by atoms with Crippen LogP contribution in [-0.4, -0.2) is 49.4 Å². The Morgan fingerprint density at radius 3 is 1.29 bits per heavy atom. The van der Waals surface area contributed by atoms with E-state index in [1.807, 2.05) is 0 Å². The quantitative estimate of drug-likeness (QED) is 0.364. The molecule has 4 nitrogen and oxygen atoms in total. The molecule has 0 rings (SSSR count). The maximum absolute atomic E-state index is 8.33. The van der Waals surface area contributed by atoms with Crippen molar-refractivity contribution in [3.63, 3.8) is 0 Å². The fourth-order valence-corrected chi connectivity index (χ4v) is 0. The molecule has 0 spiro atoms. The molecule has 0 fully saturated rings. The van der Waals surface area contributed by atoms with E-state index in [9.17, 15) is 0 Å². The van der Waals surface area contributed by atoms with E-state index in [1.54, 1.807) is 0 Å². The van der Waals surface area contributed by atoms with E-state index in [2.05, 4.69) is 0 Å². The molecule has 0 aromatic carbocycles. The van der Waals surface area contributed by atoms with Crippen molar-refractivity contribution < 1.29 is 37.6 Å². The van der Waals surface area contributed by atoms with Crippen LogP contribution in [0.15, 0.2) is 0 Å². The molecule has 7 heavy (non-hydrogen) atoms. The van der Waals surface area contributed by atoms with Gasteiger partial charge in [-0.2, -0.15) is 0 Å². The summed E-state index contributed by atoms with van der Waals surface area (Å²) in [4.78, 5) is 8.33. The van der Waals surface area contributed by atoms with Crippen LogP contribution in [0.3, 0.4) is 0 Å². The first kappa shape index (κ1) is 24.5. The van der Waals surface area contributed by atoms with Crippen LogP contribution in [0.1, 0.15) is 0 Å². The van der Waals surface area contributed by atoms with Gasteiger partial charge in [0, 0.05) is 0 Å². The maximum atomic E-state index is 8.33. The Balaban J connectivity index is -0.0000000150. The zero-order valence-electron chi connectivity index (χ0n) is 3.23. The molecule has 0 aliphatic rings. The summed E-state index contributed by atoms with van der Waals surface area (Å²) in [6.07, 6.45) is -2.33. The Morgan fingerprint density at radius 1 is 1.29 bits per heavy atom. The molecule has 0 aliphatic carbocycles. The summed E-state index contributed by atoms with van der Waals surface area (Å²) in [5, 5.41) is 16.7. The van der Waals surface area contributed by atoms with Crippen LogP contribution in [0.5, 0.6) is 0 Å². The zero-order valence-corrected chi connectivity index (χ0v) is 6.55. The minimum absolute atomic E-state index is 0. The monoisotopic (exact) mass is 173 g/mol. The van der Waals surface area contributed by atoms with Gasteiger partial charge in [0.15, 0.2) is 0 Å². The van der Waals surface area contributed by atoms with E-state index in [0.29, 0.717) is 0 Å². The van der Waals surface area contributed by atoms with E-state index < -0.39 is 6.16 Å². The molecule has 0 radical (unpaired) electrons. The second-order valence-corrected chi connectivity index (χ2v) is 0.250. The van der Waals surface area contributed by atoms with Gasteiger partial charge in [-0.05, 0) is 6.16 Å². The summed E-state index contributed by atoms with van der Waals surface area (Å²) in [5.74, 6) is 0. The summed E-state index contributed by atoms with van der Waals surface area (Å²) >= 11 is 0. The molecule has 0 heterocycles. The largest absolute Gasteiger partial charge is 2.00 e. The second-order valence-electron chi connectivity index (χ2n) is 0.250. The van der Waals surface area contributed by atoms with Gasteiger partial charge in [0.1, 0.15) is 0 Å². The number of carbonyl (C=O) groups is 1. The minimum Gasteiger partial charge on any atom is -0.870 e. The van der Waals surface area contributed by atoms with Crippen LogP contribution in [0.4, 0.5) is 4.79 Å². The van der Waals surface area contributed by atoms with E-state index in [0.717, 1.165) is 0 Å². The summed E-state index contributed by atoms with van der Waals surface area (Å²) < 4.78 is 0. The first-order chi connectivity index (χ1) is 1.73. The molecule has 0 aliphatic heterocycles. The molecule has 0 aromatic rings. The van der Waals surface area contributed by atoms with Crippen LogP contribution >= 0.6 is 0 Å². The molecule has 0 amide bonds. The Kier molecular flexibility index (Phi) is 55.1. The zero-order chi connectivity index (χ0) is 3.58. The van der Waals surface area contributed by atoms with Gasteiger partial charge in [-0.15, -0.1) is 0 Å². The molecular weight excluding hydrogens is 172 g/mol. The first-order valence-corrected chi connectivity index (χ1v) is 0.612. The second kappa shape index (κ2) is 15.7. The van der Waals surface area contributed by atoms with E-state index in [-0.39, 0.29) is 60.3 Å². The van der Waals surface area contributed by atoms with Crippen molar-refractivity contribution >= 4 is 43.9 Å². The number of carboxylic acid groups (broad SMARTS) is 2. The molecule has 0 aromatic heterocycles. The Labute approximate surface area is 80.7 Å².